The molecule has 128 valence electrons. The second-order valence-corrected chi connectivity index (χ2v) is 7.82. The Morgan fingerprint density at radius 3 is 2.56 bits per heavy atom. The first kappa shape index (κ1) is 17.6. The molecule has 0 aromatic heterocycles. The molecule has 0 spiro atoms. The third-order valence-corrected chi connectivity index (χ3v) is 5.43. The van der Waals surface area contributed by atoms with Crippen LogP contribution in [0, 0.1) is 5.92 Å². The number of aliphatic carboxylic acids is 1. The van der Waals surface area contributed by atoms with Crippen LogP contribution in [0.4, 0.5) is 0 Å². The SMILES string of the molecule is CC(C)[C@H](C(=O)O)N1C(=O)/C(=C\c2cccc3ccccc23)SC1=S. The Hall–Kier alpha value is -2.18. The van der Waals surface area contributed by atoms with E-state index in [0.717, 1.165) is 28.1 Å². The average Bonchev–Trinajstić information content (AvgIpc) is 2.83. The molecule has 1 aliphatic heterocycles. The van der Waals surface area contributed by atoms with E-state index in [-0.39, 0.29) is 16.1 Å². The predicted octanol–water partition coefficient (Wildman–Crippen LogP) is 4.15. The highest BCUT2D eigenvalue weighted by Crippen LogP contribution is 2.36. The van der Waals surface area contributed by atoms with Crippen LogP contribution in [0.5, 0.6) is 0 Å². The molecule has 1 N–H and O–H groups in total. The monoisotopic (exact) mass is 371 g/mol. The van der Waals surface area contributed by atoms with Crippen molar-refractivity contribution >= 4 is 57.0 Å². The zero-order valence-electron chi connectivity index (χ0n) is 13.8. The van der Waals surface area contributed by atoms with E-state index in [1.165, 1.54) is 4.90 Å². The summed E-state index contributed by atoms with van der Waals surface area (Å²) in [7, 11) is 0. The summed E-state index contributed by atoms with van der Waals surface area (Å²) in [6, 6.07) is 12.8. The predicted molar refractivity (Wildman–Crippen MR) is 105 cm³/mol. The standard InChI is InChI=1S/C19H17NO3S2/c1-11(2)16(18(22)23)20-17(21)15(25-19(20)24)10-13-8-5-7-12-6-3-4-9-14(12)13/h3-11,16H,1-2H3,(H,22,23)/b15-10+/t16-/m1/s1. The lowest BCUT2D eigenvalue weighted by Gasteiger charge is -2.26. The molecule has 25 heavy (non-hydrogen) atoms. The van der Waals surface area contributed by atoms with Gasteiger partial charge in [-0.05, 0) is 28.3 Å². The molecule has 1 amide bonds. The number of rotatable bonds is 4. The molecule has 3 rings (SSSR count). The van der Waals surface area contributed by atoms with Crippen molar-refractivity contribution in [3.8, 4) is 0 Å². The average molecular weight is 371 g/mol. The van der Waals surface area contributed by atoms with Crippen LogP contribution in [0.2, 0.25) is 0 Å². The van der Waals surface area contributed by atoms with Gasteiger partial charge in [-0.1, -0.05) is 80.3 Å². The second-order valence-electron chi connectivity index (χ2n) is 6.15. The van der Waals surface area contributed by atoms with Crippen molar-refractivity contribution in [2.24, 2.45) is 5.92 Å². The number of thioether (sulfide) groups is 1. The Labute approximate surface area is 155 Å². The van der Waals surface area contributed by atoms with E-state index in [0.29, 0.717) is 4.91 Å². The van der Waals surface area contributed by atoms with Gasteiger partial charge in [0, 0.05) is 0 Å². The molecule has 0 saturated carbocycles. The molecule has 4 nitrogen and oxygen atoms in total. The topological polar surface area (TPSA) is 57.6 Å². The van der Waals surface area contributed by atoms with Gasteiger partial charge in [-0.15, -0.1) is 0 Å². The third kappa shape index (κ3) is 3.32. The van der Waals surface area contributed by atoms with Crippen molar-refractivity contribution in [1.82, 2.24) is 4.90 Å². The van der Waals surface area contributed by atoms with E-state index in [1.807, 2.05) is 42.5 Å². The molecule has 2 aromatic carbocycles. The fraction of sp³-hybridized carbons (Fsp3) is 0.211. The molecule has 1 heterocycles. The first-order valence-electron chi connectivity index (χ1n) is 7.88. The maximum atomic E-state index is 12.8. The third-order valence-electron chi connectivity index (χ3n) is 4.10. The second kappa shape index (κ2) is 6.98. The minimum atomic E-state index is -1.04. The van der Waals surface area contributed by atoms with Gasteiger partial charge in [-0.2, -0.15) is 0 Å². The Balaban J connectivity index is 2.02. The highest BCUT2D eigenvalue weighted by Gasteiger charge is 2.41. The van der Waals surface area contributed by atoms with Crippen LogP contribution in [0.15, 0.2) is 47.4 Å². The zero-order chi connectivity index (χ0) is 18.1. The summed E-state index contributed by atoms with van der Waals surface area (Å²) >= 11 is 6.44. The van der Waals surface area contributed by atoms with Gasteiger partial charge in [-0.3, -0.25) is 9.69 Å². The first-order chi connectivity index (χ1) is 11.9. The molecule has 6 heteroatoms. The molecular formula is C19H17NO3S2. The largest absolute Gasteiger partial charge is 0.480 e. The number of benzene rings is 2. The fourth-order valence-corrected chi connectivity index (χ4v) is 4.25. The van der Waals surface area contributed by atoms with Crippen LogP contribution < -0.4 is 0 Å². The van der Waals surface area contributed by atoms with Gasteiger partial charge in [0.25, 0.3) is 5.91 Å². The Morgan fingerprint density at radius 2 is 1.88 bits per heavy atom. The van der Waals surface area contributed by atoms with Crippen LogP contribution in [0.3, 0.4) is 0 Å². The van der Waals surface area contributed by atoms with Crippen LogP contribution in [-0.2, 0) is 9.59 Å². The number of carboxylic acid groups (broad SMARTS) is 1. The minimum absolute atomic E-state index is 0.239. The Kier molecular flexibility index (Phi) is 4.92. The molecule has 1 atom stereocenters. The molecule has 1 saturated heterocycles. The van der Waals surface area contributed by atoms with Gasteiger partial charge < -0.3 is 5.11 Å². The summed E-state index contributed by atoms with van der Waals surface area (Å²) in [6.45, 7) is 3.54. The van der Waals surface area contributed by atoms with Crippen molar-refractivity contribution in [2.45, 2.75) is 19.9 Å². The normalized spacial score (nSPS) is 17.7. The number of hydrogen-bond donors (Lipinski definition) is 1. The van der Waals surface area contributed by atoms with E-state index in [1.54, 1.807) is 19.9 Å². The number of hydrogen-bond acceptors (Lipinski definition) is 4. The van der Waals surface area contributed by atoms with Crippen molar-refractivity contribution < 1.29 is 14.7 Å². The van der Waals surface area contributed by atoms with Gasteiger partial charge in [0.05, 0.1) is 4.91 Å². The van der Waals surface area contributed by atoms with Crippen molar-refractivity contribution in [3.05, 3.63) is 52.9 Å². The van der Waals surface area contributed by atoms with E-state index in [9.17, 15) is 14.7 Å². The minimum Gasteiger partial charge on any atom is -0.480 e. The molecule has 1 fully saturated rings. The van der Waals surface area contributed by atoms with Gasteiger partial charge >= 0.3 is 5.97 Å². The molecule has 0 bridgehead atoms. The summed E-state index contributed by atoms with van der Waals surface area (Å²) < 4.78 is 0.289. The summed E-state index contributed by atoms with van der Waals surface area (Å²) in [6.07, 6.45) is 1.79. The van der Waals surface area contributed by atoms with Crippen molar-refractivity contribution in [3.63, 3.8) is 0 Å². The van der Waals surface area contributed by atoms with Gasteiger partial charge in [0.15, 0.2) is 0 Å². The van der Waals surface area contributed by atoms with Gasteiger partial charge in [0.1, 0.15) is 10.4 Å². The van der Waals surface area contributed by atoms with Crippen molar-refractivity contribution in [1.29, 1.82) is 0 Å². The Morgan fingerprint density at radius 1 is 1.20 bits per heavy atom. The number of carboxylic acids is 1. The quantitative estimate of drug-likeness (QED) is 0.646. The highest BCUT2D eigenvalue weighted by atomic mass is 32.2. The van der Waals surface area contributed by atoms with Crippen LogP contribution >= 0.6 is 24.0 Å². The zero-order valence-corrected chi connectivity index (χ0v) is 15.4. The lowest BCUT2D eigenvalue weighted by molar-refractivity contribution is -0.146. The maximum Gasteiger partial charge on any atom is 0.327 e. The molecule has 2 aromatic rings. The molecular weight excluding hydrogens is 354 g/mol. The first-order valence-corrected chi connectivity index (χ1v) is 9.10. The number of carbonyl (C=O) groups is 2. The van der Waals surface area contributed by atoms with Gasteiger partial charge in [0.2, 0.25) is 0 Å². The summed E-state index contributed by atoms with van der Waals surface area (Å²) in [5, 5.41) is 11.6. The Bertz CT molecular complexity index is 899. The van der Waals surface area contributed by atoms with E-state index in [4.69, 9.17) is 12.2 Å². The number of nitrogens with zero attached hydrogens (tertiary/aromatic N) is 1. The van der Waals surface area contributed by atoms with Crippen LogP contribution in [0.25, 0.3) is 16.8 Å². The number of amides is 1. The number of thiocarbonyl (C=S) groups is 1. The summed E-state index contributed by atoms with van der Waals surface area (Å²) in [4.78, 5) is 26.0. The summed E-state index contributed by atoms with van der Waals surface area (Å²) in [5.41, 5.74) is 0.912. The smallest absolute Gasteiger partial charge is 0.327 e. The van der Waals surface area contributed by atoms with Crippen molar-refractivity contribution in [2.75, 3.05) is 0 Å². The molecule has 0 unspecified atom stereocenters. The van der Waals surface area contributed by atoms with E-state index < -0.39 is 12.0 Å². The number of carbonyl (C=O) groups excluding carboxylic acids is 1. The highest BCUT2D eigenvalue weighted by molar-refractivity contribution is 8.26. The van der Waals surface area contributed by atoms with Crippen LogP contribution in [-0.4, -0.2) is 32.2 Å². The van der Waals surface area contributed by atoms with E-state index in [2.05, 4.69) is 0 Å². The maximum absolute atomic E-state index is 12.8. The van der Waals surface area contributed by atoms with E-state index >= 15 is 0 Å². The van der Waals surface area contributed by atoms with Gasteiger partial charge in [-0.25, -0.2) is 4.79 Å². The lowest BCUT2D eigenvalue weighted by atomic mass is 10.0. The number of fused-ring (bicyclic) bond motifs is 1. The fourth-order valence-electron chi connectivity index (χ4n) is 2.93. The molecule has 0 aliphatic carbocycles. The lowest BCUT2D eigenvalue weighted by Crippen LogP contribution is -2.47. The van der Waals surface area contributed by atoms with Crippen LogP contribution in [0.1, 0.15) is 19.4 Å². The summed E-state index contributed by atoms with van der Waals surface area (Å²) in [5.74, 6) is -1.63. The molecule has 0 radical (unpaired) electrons. The molecule has 1 aliphatic rings.